The molecule has 1 amide bonds. The van der Waals surface area contributed by atoms with Crippen LogP contribution in [0.3, 0.4) is 0 Å². The fraction of sp³-hybridized carbons (Fsp3) is 0.136. The first-order chi connectivity index (χ1) is 12.8. The number of benzene rings is 3. The topological polar surface area (TPSA) is 51.5 Å². The third-order valence-corrected chi connectivity index (χ3v) is 4.49. The minimum absolute atomic E-state index is 0.128. The van der Waals surface area contributed by atoms with E-state index in [1.807, 2.05) is 42.5 Å². The molecule has 0 atom stereocenters. The number of para-hydroxylation sites is 2. The van der Waals surface area contributed by atoms with E-state index in [4.69, 9.17) is 9.15 Å². The van der Waals surface area contributed by atoms with Gasteiger partial charge >= 0.3 is 0 Å². The van der Waals surface area contributed by atoms with Crippen LogP contribution < -0.4 is 10.1 Å². The van der Waals surface area contributed by atoms with E-state index in [0.717, 1.165) is 33.9 Å². The van der Waals surface area contributed by atoms with Crippen molar-refractivity contribution in [3.05, 3.63) is 77.9 Å². The summed E-state index contributed by atoms with van der Waals surface area (Å²) in [5, 5.41) is 5.18. The summed E-state index contributed by atoms with van der Waals surface area (Å²) in [7, 11) is 1.57. The van der Waals surface area contributed by atoms with Crippen LogP contribution in [-0.2, 0) is 6.42 Å². The largest absolute Gasteiger partial charge is 0.496 e. The number of ether oxygens (including phenoxy) is 1. The van der Waals surface area contributed by atoms with Crippen molar-refractivity contribution >= 4 is 27.8 Å². The smallest absolute Gasteiger partial charge is 0.255 e. The van der Waals surface area contributed by atoms with Crippen molar-refractivity contribution in [1.29, 1.82) is 0 Å². The Kier molecular flexibility index (Phi) is 4.32. The first kappa shape index (κ1) is 16.2. The summed E-state index contributed by atoms with van der Waals surface area (Å²) < 4.78 is 11.1. The van der Waals surface area contributed by atoms with E-state index in [2.05, 4.69) is 17.4 Å². The number of methoxy groups -OCH3 is 1. The van der Waals surface area contributed by atoms with Crippen molar-refractivity contribution in [3.63, 3.8) is 0 Å². The number of nitrogens with one attached hydrogen (secondary N) is 1. The normalized spacial score (nSPS) is 11.0. The fourth-order valence-corrected chi connectivity index (χ4v) is 3.18. The highest BCUT2D eigenvalue weighted by Gasteiger charge is 2.11. The average molecular weight is 345 g/mol. The van der Waals surface area contributed by atoms with Crippen LogP contribution in [-0.4, -0.2) is 19.6 Å². The lowest BCUT2D eigenvalue weighted by Crippen LogP contribution is -2.26. The third-order valence-electron chi connectivity index (χ3n) is 4.49. The van der Waals surface area contributed by atoms with E-state index in [9.17, 15) is 4.79 Å². The van der Waals surface area contributed by atoms with Gasteiger partial charge in [0, 0.05) is 17.3 Å². The van der Waals surface area contributed by atoms with Crippen molar-refractivity contribution in [2.75, 3.05) is 13.7 Å². The molecule has 0 unspecified atom stereocenters. The first-order valence-corrected chi connectivity index (χ1v) is 8.57. The Morgan fingerprint density at radius 1 is 0.962 bits per heavy atom. The number of hydrogen-bond donors (Lipinski definition) is 1. The molecular formula is C22H19NO3. The van der Waals surface area contributed by atoms with Crippen LogP contribution in [0.25, 0.3) is 21.9 Å². The van der Waals surface area contributed by atoms with E-state index >= 15 is 0 Å². The number of carbonyl (C=O) groups is 1. The minimum Gasteiger partial charge on any atom is -0.496 e. The molecule has 130 valence electrons. The molecular weight excluding hydrogens is 326 g/mol. The van der Waals surface area contributed by atoms with Crippen LogP contribution in [0.1, 0.15) is 15.9 Å². The lowest BCUT2D eigenvalue weighted by molar-refractivity contribution is 0.0951. The van der Waals surface area contributed by atoms with E-state index in [1.54, 1.807) is 19.2 Å². The van der Waals surface area contributed by atoms with Crippen LogP contribution >= 0.6 is 0 Å². The molecule has 0 saturated carbocycles. The lowest BCUT2D eigenvalue weighted by atomic mass is 10.1. The van der Waals surface area contributed by atoms with Gasteiger partial charge in [-0.15, -0.1) is 0 Å². The molecule has 1 heterocycles. The van der Waals surface area contributed by atoms with E-state index in [-0.39, 0.29) is 5.91 Å². The van der Waals surface area contributed by atoms with E-state index < -0.39 is 0 Å². The van der Waals surface area contributed by atoms with Crippen LogP contribution in [0, 0.1) is 0 Å². The Hall–Kier alpha value is -3.27. The Balaban J connectivity index is 1.48. The third kappa shape index (κ3) is 3.02. The summed E-state index contributed by atoms with van der Waals surface area (Å²) in [5.41, 5.74) is 3.48. The van der Waals surface area contributed by atoms with Gasteiger partial charge in [-0.3, -0.25) is 4.79 Å². The molecule has 0 fully saturated rings. The molecule has 0 spiro atoms. The molecule has 1 N–H and O–H groups in total. The van der Waals surface area contributed by atoms with Crippen LogP contribution in [0.15, 0.2) is 71.1 Å². The summed E-state index contributed by atoms with van der Waals surface area (Å²) in [6, 6.07) is 21.4. The number of fused-ring (bicyclic) bond motifs is 3. The highest BCUT2D eigenvalue weighted by atomic mass is 16.5. The van der Waals surface area contributed by atoms with Crippen LogP contribution in [0.2, 0.25) is 0 Å². The number of hydrogen-bond acceptors (Lipinski definition) is 3. The highest BCUT2D eigenvalue weighted by molar-refractivity contribution is 6.05. The van der Waals surface area contributed by atoms with Gasteiger partial charge in [0.15, 0.2) is 0 Å². The molecule has 3 aromatic carbocycles. The van der Waals surface area contributed by atoms with Crippen LogP contribution in [0.5, 0.6) is 5.75 Å². The second-order valence-electron chi connectivity index (χ2n) is 6.13. The second kappa shape index (κ2) is 6.92. The molecule has 4 nitrogen and oxygen atoms in total. The molecule has 0 radical (unpaired) electrons. The molecule has 0 aliphatic rings. The average Bonchev–Trinajstić information content (AvgIpc) is 3.06. The Morgan fingerprint density at radius 2 is 1.73 bits per heavy atom. The maximum Gasteiger partial charge on any atom is 0.255 e. The Labute approximate surface area is 151 Å². The zero-order valence-corrected chi connectivity index (χ0v) is 14.5. The fourth-order valence-electron chi connectivity index (χ4n) is 3.18. The standard InChI is InChI=1S/C22H19NO3/c1-25-19-8-4-3-7-17(19)22(24)23-13-12-15-10-11-21-18(14-15)16-6-2-5-9-20(16)26-21/h2-11,14H,12-13H2,1H3,(H,23,24). The van der Waals surface area contributed by atoms with Gasteiger partial charge in [-0.1, -0.05) is 36.4 Å². The summed E-state index contributed by atoms with van der Waals surface area (Å²) in [5.74, 6) is 0.452. The Morgan fingerprint density at radius 3 is 2.62 bits per heavy atom. The number of carbonyl (C=O) groups excluding carboxylic acids is 1. The molecule has 4 heteroatoms. The summed E-state index contributed by atoms with van der Waals surface area (Å²) in [6.45, 7) is 0.554. The van der Waals surface area contributed by atoms with Gasteiger partial charge in [0.05, 0.1) is 12.7 Å². The maximum absolute atomic E-state index is 12.4. The molecule has 0 aliphatic carbocycles. The zero-order chi connectivity index (χ0) is 17.9. The SMILES string of the molecule is COc1ccccc1C(=O)NCCc1ccc2oc3ccccc3c2c1. The predicted octanol–water partition coefficient (Wildman–Crippen LogP) is 4.57. The van der Waals surface area contributed by atoms with Crippen molar-refractivity contribution < 1.29 is 13.9 Å². The second-order valence-corrected chi connectivity index (χ2v) is 6.13. The minimum atomic E-state index is -0.128. The van der Waals surface area contributed by atoms with E-state index in [0.29, 0.717) is 17.9 Å². The van der Waals surface area contributed by atoms with Crippen LogP contribution in [0.4, 0.5) is 0 Å². The van der Waals surface area contributed by atoms with Gasteiger partial charge < -0.3 is 14.5 Å². The quantitative estimate of drug-likeness (QED) is 0.576. The van der Waals surface area contributed by atoms with Gasteiger partial charge in [-0.2, -0.15) is 0 Å². The first-order valence-electron chi connectivity index (χ1n) is 8.57. The molecule has 4 rings (SSSR count). The number of rotatable bonds is 5. The lowest BCUT2D eigenvalue weighted by Gasteiger charge is -2.09. The number of furan rings is 1. The van der Waals surface area contributed by atoms with Crippen molar-refractivity contribution in [3.8, 4) is 5.75 Å². The van der Waals surface area contributed by atoms with Gasteiger partial charge in [0.2, 0.25) is 0 Å². The molecule has 26 heavy (non-hydrogen) atoms. The van der Waals surface area contributed by atoms with Gasteiger partial charge in [-0.25, -0.2) is 0 Å². The zero-order valence-electron chi connectivity index (χ0n) is 14.5. The molecule has 0 bridgehead atoms. The van der Waals surface area contributed by atoms with Gasteiger partial charge in [0.1, 0.15) is 16.9 Å². The Bertz CT molecular complexity index is 1080. The van der Waals surface area contributed by atoms with Crippen molar-refractivity contribution in [1.82, 2.24) is 5.32 Å². The molecule has 1 aromatic heterocycles. The molecule has 0 saturated heterocycles. The predicted molar refractivity (Wildman–Crippen MR) is 103 cm³/mol. The number of amides is 1. The molecule has 4 aromatic rings. The van der Waals surface area contributed by atoms with E-state index in [1.165, 1.54) is 0 Å². The van der Waals surface area contributed by atoms with Crippen molar-refractivity contribution in [2.45, 2.75) is 6.42 Å². The van der Waals surface area contributed by atoms with Gasteiger partial charge in [-0.05, 0) is 42.3 Å². The van der Waals surface area contributed by atoms with Gasteiger partial charge in [0.25, 0.3) is 5.91 Å². The van der Waals surface area contributed by atoms with Crippen molar-refractivity contribution in [2.24, 2.45) is 0 Å². The monoisotopic (exact) mass is 345 g/mol. The maximum atomic E-state index is 12.4. The molecule has 0 aliphatic heterocycles. The summed E-state index contributed by atoms with van der Waals surface area (Å²) >= 11 is 0. The highest BCUT2D eigenvalue weighted by Crippen LogP contribution is 2.29. The summed E-state index contributed by atoms with van der Waals surface area (Å²) in [4.78, 5) is 12.4. The summed E-state index contributed by atoms with van der Waals surface area (Å²) in [6.07, 6.45) is 0.746.